The van der Waals surface area contributed by atoms with E-state index in [2.05, 4.69) is 0 Å². The highest BCUT2D eigenvalue weighted by atomic mass is 16.4. The topological polar surface area (TPSA) is 57.5 Å². The molecule has 0 saturated carbocycles. The molecule has 0 radical (unpaired) electrons. The minimum absolute atomic E-state index is 0.0554. The summed E-state index contributed by atoms with van der Waals surface area (Å²) in [6.45, 7) is 1.57. The second-order valence-corrected chi connectivity index (χ2v) is 2.96. The molecule has 13 heavy (non-hydrogen) atoms. The lowest BCUT2D eigenvalue weighted by Gasteiger charge is -2.07. The molecule has 0 spiro atoms. The van der Waals surface area contributed by atoms with Crippen LogP contribution in [0.2, 0.25) is 0 Å². The normalized spacial score (nSPS) is 12.5. The summed E-state index contributed by atoms with van der Waals surface area (Å²) in [7, 11) is 0. The predicted molar refractivity (Wildman–Crippen MR) is 48.4 cm³/mol. The van der Waals surface area contributed by atoms with Crippen molar-refractivity contribution in [1.29, 1.82) is 0 Å². The SMILES string of the molecule is C[C@H](C(=O)O)c1cccc(CO)c1. The fourth-order valence-electron chi connectivity index (χ4n) is 1.10. The first-order valence-electron chi connectivity index (χ1n) is 4.07. The zero-order valence-corrected chi connectivity index (χ0v) is 7.40. The van der Waals surface area contributed by atoms with Gasteiger partial charge in [0.25, 0.3) is 0 Å². The van der Waals surface area contributed by atoms with Gasteiger partial charge in [0.05, 0.1) is 12.5 Å². The summed E-state index contributed by atoms with van der Waals surface area (Å²) in [5.74, 6) is -1.37. The Labute approximate surface area is 76.6 Å². The van der Waals surface area contributed by atoms with Crippen LogP contribution in [0.3, 0.4) is 0 Å². The van der Waals surface area contributed by atoms with E-state index >= 15 is 0 Å². The number of hydrogen-bond acceptors (Lipinski definition) is 2. The lowest BCUT2D eigenvalue weighted by molar-refractivity contribution is -0.138. The Hall–Kier alpha value is -1.35. The van der Waals surface area contributed by atoms with Gasteiger partial charge in [-0.2, -0.15) is 0 Å². The van der Waals surface area contributed by atoms with E-state index in [9.17, 15) is 4.79 Å². The van der Waals surface area contributed by atoms with Crippen molar-refractivity contribution < 1.29 is 15.0 Å². The monoisotopic (exact) mass is 180 g/mol. The molecule has 0 fully saturated rings. The maximum atomic E-state index is 10.6. The van der Waals surface area contributed by atoms with E-state index in [1.165, 1.54) is 0 Å². The van der Waals surface area contributed by atoms with Crippen molar-refractivity contribution >= 4 is 5.97 Å². The zero-order chi connectivity index (χ0) is 9.84. The van der Waals surface area contributed by atoms with E-state index in [4.69, 9.17) is 10.2 Å². The Morgan fingerprint density at radius 3 is 2.77 bits per heavy atom. The second kappa shape index (κ2) is 4.05. The van der Waals surface area contributed by atoms with Crippen molar-refractivity contribution in [3.8, 4) is 0 Å². The predicted octanol–water partition coefficient (Wildman–Crippen LogP) is 1.37. The van der Waals surface area contributed by atoms with Crippen LogP contribution in [0.15, 0.2) is 24.3 Å². The number of carboxylic acids is 1. The van der Waals surface area contributed by atoms with Crippen LogP contribution in [0.5, 0.6) is 0 Å². The van der Waals surface area contributed by atoms with Crippen molar-refractivity contribution in [3.63, 3.8) is 0 Å². The maximum absolute atomic E-state index is 10.6. The first kappa shape index (κ1) is 9.74. The van der Waals surface area contributed by atoms with E-state index in [0.29, 0.717) is 0 Å². The molecular formula is C10H12O3. The number of benzene rings is 1. The molecule has 1 atom stereocenters. The first-order chi connectivity index (χ1) is 6.15. The van der Waals surface area contributed by atoms with Gasteiger partial charge >= 0.3 is 5.97 Å². The molecule has 3 heteroatoms. The van der Waals surface area contributed by atoms with Gasteiger partial charge in [0.15, 0.2) is 0 Å². The first-order valence-corrected chi connectivity index (χ1v) is 4.07. The molecule has 0 unspecified atom stereocenters. The molecule has 1 aromatic carbocycles. The lowest BCUT2D eigenvalue weighted by atomic mass is 9.99. The summed E-state index contributed by atoms with van der Waals surface area (Å²) in [6.07, 6.45) is 0. The fourth-order valence-corrected chi connectivity index (χ4v) is 1.10. The van der Waals surface area contributed by atoms with Gasteiger partial charge in [-0.05, 0) is 18.1 Å². The molecule has 0 saturated heterocycles. The standard InChI is InChI=1S/C10H12O3/c1-7(10(12)13)9-4-2-3-8(5-9)6-11/h2-5,7,11H,6H2,1H3,(H,12,13)/t7-/m0/s1. The Morgan fingerprint density at radius 2 is 2.23 bits per heavy atom. The fraction of sp³-hybridized carbons (Fsp3) is 0.300. The third-order valence-electron chi connectivity index (χ3n) is 2.00. The third kappa shape index (κ3) is 2.29. The lowest BCUT2D eigenvalue weighted by Crippen LogP contribution is -2.07. The molecule has 0 heterocycles. The molecule has 1 rings (SSSR count). The number of rotatable bonds is 3. The highest BCUT2D eigenvalue weighted by molar-refractivity contribution is 5.75. The van der Waals surface area contributed by atoms with Crippen molar-refractivity contribution in [2.75, 3.05) is 0 Å². The van der Waals surface area contributed by atoms with Crippen molar-refractivity contribution in [2.45, 2.75) is 19.4 Å². The van der Waals surface area contributed by atoms with Crippen LogP contribution in [0.4, 0.5) is 0 Å². The van der Waals surface area contributed by atoms with Gasteiger partial charge in [-0.15, -0.1) is 0 Å². The van der Waals surface area contributed by atoms with Crippen LogP contribution in [-0.2, 0) is 11.4 Å². The summed E-state index contributed by atoms with van der Waals surface area (Å²) in [4.78, 5) is 10.6. The molecular weight excluding hydrogens is 168 g/mol. The molecule has 0 aliphatic rings. The quantitative estimate of drug-likeness (QED) is 0.738. The Bertz CT molecular complexity index is 307. The second-order valence-electron chi connectivity index (χ2n) is 2.96. The van der Waals surface area contributed by atoms with Gasteiger partial charge in [-0.3, -0.25) is 4.79 Å². The van der Waals surface area contributed by atoms with Gasteiger partial charge in [-0.25, -0.2) is 0 Å². The number of carboxylic acid groups (broad SMARTS) is 1. The minimum Gasteiger partial charge on any atom is -0.481 e. The van der Waals surface area contributed by atoms with Gasteiger partial charge in [0.2, 0.25) is 0 Å². The molecule has 0 aromatic heterocycles. The summed E-state index contributed by atoms with van der Waals surface area (Å²) in [6, 6.07) is 6.97. The van der Waals surface area contributed by atoms with E-state index in [0.717, 1.165) is 11.1 Å². The van der Waals surface area contributed by atoms with Gasteiger partial charge in [-0.1, -0.05) is 24.3 Å². The Kier molecular flexibility index (Phi) is 3.03. The van der Waals surface area contributed by atoms with Gasteiger partial charge in [0, 0.05) is 0 Å². The van der Waals surface area contributed by atoms with Crippen molar-refractivity contribution in [3.05, 3.63) is 35.4 Å². The Morgan fingerprint density at radius 1 is 1.54 bits per heavy atom. The number of aliphatic hydroxyl groups excluding tert-OH is 1. The summed E-state index contributed by atoms with van der Waals surface area (Å²) < 4.78 is 0. The van der Waals surface area contributed by atoms with Crippen LogP contribution in [0.1, 0.15) is 24.0 Å². The average molecular weight is 180 g/mol. The Balaban J connectivity index is 2.94. The van der Waals surface area contributed by atoms with Crippen LogP contribution < -0.4 is 0 Å². The highest BCUT2D eigenvalue weighted by Crippen LogP contribution is 2.16. The molecule has 3 nitrogen and oxygen atoms in total. The smallest absolute Gasteiger partial charge is 0.310 e. The summed E-state index contributed by atoms with van der Waals surface area (Å²) >= 11 is 0. The van der Waals surface area contributed by atoms with E-state index in [1.807, 2.05) is 0 Å². The minimum atomic E-state index is -0.852. The van der Waals surface area contributed by atoms with Gasteiger partial charge < -0.3 is 10.2 Å². The van der Waals surface area contributed by atoms with E-state index in [1.54, 1.807) is 31.2 Å². The molecule has 1 aromatic rings. The van der Waals surface area contributed by atoms with E-state index in [-0.39, 0.29) is 6.61 Å². The molecule has 2 N–H and O–H groups in total. The summed E-state index contributed by atoms with van der Waals surface area (Å²) in [5, 5.41) is 17.6. The van der Waals surface area contributed by atoms with Crippen LogP contribution in [-0.4, -0.2) is 16.2 Å². The maximum Gasteiger partial charge on any atom is 0.310 e. The molecule has 0 aliphatic heterocycles. The average Bonchev–Trinajstić information content (AvgIpc) is 2.16. The largest absolute Gasteiger partial charge is 0.481 e. The molecule has 0 amide bonds. The molecule has 0 bridgehead atoms. The zero-order valence-electron chi connectivity index (χ0n) is 7.40. The molecule has 0 aliphatic carbocycles. The number of aliphatic carboxylic acids is 1. The third-order valence-corrected chi connectivity index (χ3v) is 2.00. The highest BCUT2D eigenvalue weighted by Gasteiger charge is 2.13. The summed E-state index contributed by atoms with van der Waals surface area (Å²) in [5.41, 5.74) is 1.46. The number of carbonyl (C=O) groups is 1. The van der Waals surface area contributed by atoms with Crippen molar-refractivity contribution in [2.24, 2.45) is 0 Å². The van der Waals surface area contributed by atoms with Crippen molar-refractivity contribution in [1.82, 2.24) is 0 Å². The van der Waals surface area contributed by atoms with E-state index < -0.39 is 11.9 Å². The van der Waals surface area contributed by atoms with Crippen LogP contribution in [0, 0.1) is 0 Å². The number of hydrogen-bond donors (Lipinski definition) is 2. The molecule has 70 valence electrons. The number of aliphatic hydroxyl groups is 1. The van der Waals surface area contributed by atoms with Gasteiger partial charge in [0.1, 0.15) is 0 Å². The van der Waals surface area contributed by atoms with Crippen LogP contribution in [0.25, 0.3) is 0 Å². The van der Waals surface area contributed by atoms with Crippen LogP contribution >= 0.6 is 0 Å².